The Kier molecular flexibility index (Phi) is 7.94. The van der Waals surface area contributed by atoms with E-state index in [-0.39, 0.29) is 6.04 Å². The van der Waals surface area contributed by atoms with Gasteiger partial charge < -0.3 is 4.74 Å². The van der Waals surface area contributed by atoms with E-state index in [9.17, 15) is 0 Å². The minimum Gasteiger partial charge on any atom is -0.481 e. The molecule has 0 bridgehead atoms. The van der Waals surface area contributed by atoms with Crippen molar-refractivity contribution in [2.75, 3.05) is 14.2 Å². The largest absolute Gasteiger partial charge is 0.481 e. The molecule has 0 unspecified atom stereocenters. The van der Waals surface area contributed by atoms with Crippen LogP contribution in [0.4, 0.5) is 0 Å². The molecule has 0 saturated carbocycles. The van der Waals surface area contributed by atoms with Crippen LogP contribution in [0.25, 0.3) is 11.4 Å². The van der Waals surface area contributed by atoms with Crippen molar-refractivity contribution >= 4 is 0 Å². The Morgan fingerprint density at radius 2 is 1.31 bits per heavy atom. The average molecular weight is 466 g/mol. The zero-order chi connectivity index (χ0) is 24.8. The second kappa shape index (κ2) is 11.3. The summed E-state index contributed by atoms with van der Waals surface area (Å²) in [5.41, 5.74) is 8.15. The van der Waals surface area contributed by atoms with Gasteiger partial charge >= 0.3 is 0 Å². The Morgan fingerprint density at radius 3 is 1.80 bits per heavy atom. The third-order valence-electron chi connectivity index (χ3n) is 6.67. The molecule has 0 aliphatic carbocycles. The maximum absolute atomic E-state index is 5.85. The lowest BCUT2D eigenvalue weighted by molar-refractivity contribution is 0.263. The molecular weight excluding hydrogens is 430 g/mol. The van der Waals surface area contributed by atoms with Crippen molar-refractivity contribution in [3.8, 4) is 17.3 Å². The van der Waals surface area contributed by atoms with Gasteiger partial charge in [-0.3, -0.25) is 4.90 Å². The number of hydrogen-bond donors (Lipinski definition) is 0. The zero-order valence-electron chi connectivity index (χ0n) is 21.5. The summed E-state index contributed by atoms with van der Waals surface area (Å²) in [6.45, 7) is 7.09. The van der Waals surface area contributed by atoms with E-state index in [0.29, 0.717) is 12.4 Å². The molecule has 4 rings (SSSR count). The lowest BCUT2D eigenvalue weighted by Crippen LogP contribution is -2.26. The number of methoxy groups -OCH3 is 1. The Bertz CT molecular complexity index is 1190. The Morgan fingerprint density at radius 1 is 0.771 bits per heavy atom. The van der Waals surface area contributed by atoms with Crippen LogP contribution in [-0.2, 0) is 19.4 Å². The maximum atomic E-state index is 5.85. The van der Waals surface area contributed by atoms with E-state index in [1.54, 1.807) is 7.11 Å². The van der Waals surface area contributed by atoms with E-state index in [4.69, 9.17) is 14.7 Å². The van der Waals surface area contributed by atoms with Crippen LogP contribution < -0.4 is 4.74 Å². The number of ether oxygens (including phenoxy) is 1. The monoisotopic (exact) mass is 465 g/mol. The van der Waals surface area contributed by atoms with Gasteiger partial charge in [-0.1, -0.05) is 92.7 Å². The first-order chi connectivity index (χ1) is 17.1. The van der Waals surface area contributed by atoms with E-state index in [2.05, 4.69) is 112 Å². The normalized spacial score (nSPS) is 11.3. The number of nitrogens with zero attached hydrogens (tertiary/aromatic N) is 3. The van der Waals surface area contributed by atoms with Crippen molar-refractivity contribution in [1.29, 1.82) is 0 Å². The number of benzene rings is 3. The van der Waals surface area contributed by atoms with Crippen LogP contribution in [0, 0.1) is 6.92 Å². The highest BCUT2D eigenvalue weighted by atomic mass is 16.5. The van der Waals surface area contributed by atoms with Gasteiger partial charge in [-0.05, 0) is 49.1 Å². The van der Waals surface area contributed by atoms with Crippen LogP contribution in [0.3, 0.4) is 0 Å². The fourth-order valence-electron chi connectivity index (χ4n) is 4.87. The molecule has 4 aromatic rings. The van der Waals surface area contributed by atoms with E-state index in [0.717, 1.165) is 35.5 Å². The second-order valence-electron chi connectivity index (χ2n) is 8.92. The van der Waals surface area contributed by atoms with E-state index in [1.165, 1.54) is 22.3 Å². The van der Waals surface area contributed by atoms with Gasteiger partial charge in [0.1, 0.15) is 0 Å². The van der Waals surface area contributed by atoms with Crippen LogP contribution in [0.2, 0.25) is 0 Å². The summed E-state index contributed by atoms with van der Waals surface area (Å²) in [6.07, 6.45) is 1.88. The van der Waals surface area contributed by atoms with Crippen LogP contribution in [0.15, 0.2) is 78.9 Å². The molecular formula is C31H35N3O. The van der Waals surface area contributed by atoms with Gasteiger partial charge in [0.2, 0.25) is 5.88 Å². The molecule has 0 aliphatic rings. The molecule has 0 amide bonds. The first kappa shape index (κ1) is 24.6. The number of rotatable bonds is 9. The molecule has 0 aliphatic heterocycles. The summed E-state index contributed by atoms with van der Waals surface area (Å²) in [5, 5.41) is 0. The average Bonchev–Trinajstić information content (AvgIpc) is 2.90. The number of aromatic nitrogens is 2. The molecule has 4 heteroatoms. The topological polar surface area (TPSA) is 38.2 Å². The molecule has 0 N–H and O–H groups in total. The second-order valence-corrected chi connectivity index (χ2v) is 8.92. The van der Waals surface area contributed by atoms with Crippen LogP contribution >= 0.6 is 0 Å². The molecule has 0 fully saturated rings. The minimum atomic E-state index is 0.105. The lowest BCUT2D eigenvalue weighted by atomic mass is 9.96. The molecule has 35 heavy (non-hydrogen) atoms. The zero-order valence-corrected chi connectivity index (χ0v) is 21.5. The molecule has 1 aromatic heterocycles. The number of aryl methyl sites for hydroxylation is 3. The van der Waals surface area contributed by atoms with Crippen molar-refractivity contribution in [2.24, 2.45) is 0 Å². The molecule has 0 spiro atoms. The Hall–Kier alpha value is -3.50. The fourth-order valence-corrected chi connectivity index (χ4v) is 4.87. The van der Waals surface area contributed by atoms with Gasteiger partial charge in [-0.25, -0.2) is 4.98 Å². The van der Waals surface area contributed by atoms with E-state index in [1.807, 2.05) is 0 Å². The van der Waals surface area contributed by atoms with Crippen molar-refractivity contribution < 1.29 is 4.74 Å². The summed E-state index contributed by atoms with van der Waals surface area (Å²) in [7, 11) is 3.85. The third-order valence-corrected chi connectivity index (χ3v) is 6.67. The minimum absolute atomic E-state index is 0.105. The molecule has 1 heterocycles. The molecule has 0 saturated heterocycles. The fraction of sp³-hybridized carbons (Fsp3) is 0.290. The highest BCUT2D eigenvalue weighted by Crippen LogP contribution is 2.33. The third kappa shape index (κ3) is 5.28. The number of hydrogen-bond acceptors (Lipinski definition) is 4. The predicted octanol–water partition coefficient (Wildman–Crippen LogP) is 6.81. The molecule has 4 nitrogen and oxygen atoms in total. The Balaban J connectivity index is 1.74. The summed E-state index contributed by atoms with van der Waals surface area (Å²) < 4.78 is 5.85. The standard InChI is InChI=1S/C31H35N3O/c1-6-23-19-14-20-24(7-2)28(23)30-32-22(3)27(31(33-30)35-5)21-34(4)29(25-15-10-8-11-16-25)26-17-12-9-13-18-26/h8-20,29H,6-7,21H2,1-5H3. The SMILES string of the molecule is CCc1cccc(CC)c1-c1nc(C)c(CN(C)C(c2ccccc2)c2ccccc2)c(OC)n1. The molecule has 0 radical (unpaired) electrons. The van der Waals surface area contributed by atoms with Crippen LogP contribution in [0.1, 0.15) is 53.4 Å². The lowest BCUT2D eigenvalue weighted by Gasteiger charge is -2.30. The van der Waals surface area contributed by atoms with Crippen LogP contribution in [0.5, 0.6) is 5.88 Å². The van der Waals surface area contributed by atoms with Crippen molar-refractivity contribution in [3.05, 3.63) is 112 Å². The first-order valence-corrected chi connectivity index (χ1v) is 12.4. The van der Waals surface area contributed by atoms with Crippen LogP contribution in [-0.4, -0.2) is 29.0 Å². The van der Waals surface area contributed by atoms with Gasteiger partial charge in [0.25, 0.3) is 0 Å². The first-order valence-electron chi connectivity index (χ1n) is 12.4. The summed E-state index contributed by atoms with van der Waals surface area (Å²) in [4.78, 5) is 12.3. The van der Waals surface area contributed by atoms with Crippen molar-refractivity contribution in [3.63, 3.8) is 0 Å². The van der Waals surface area contributed by atoms with E-state index >= 15 is 0 Å². The molecule has 3 aromatic carbocycles. The molecule has 180 valence electrons. The quantitative estimate of drug-likeness (QED) is 0.272. The predicted molar refractivity (Wildman–Crippen MR) is 144 cm³/mol. The van der Waals surface area contributed by atoms with Gasteiger partial charge in [-0.15, -0.1) is 0 Å². The van der Waals surface area contributed by atoms with Crippen molar-refractivity contribution in [1.82, 2.24) is 14.9 Å². The maximum Gasteiger partial charge on any atom is 0.221 e. The smallest absolute Gasteiger partial charge is 0.221 e. The summed E-state index contributed by atoms with van der Waals surface area (Å²) >= 11 is 0. The summed E-state index contributed by atoms with van der Waals surface area (Å²) in [6, 6.07) is 27.8. The van der Waals surface area contributed by atoms with Gasteiger partial charge in [0.05, 0.1) is 13.2 Å². The molecule has 0 atom stereocenters. The Labute approximate surface area is 209 Å². The van der Waals surface area contributed by atoms with Gasteiger partial charge in [-0.2, -0.15) is 4.98 Å². The van der Waals surface area contributed by atoms with Gasteiger partial charge in [0, 0.05) is 23.4 Å². The van der Waals surface area contributed by atoms with Gasteiger partial charge in [0.15, 0.2) is 5.82 Å². The van der Waals surface area contributed by atoms with E-state index < -0.39 is 0 Å². The highest BCUT2D eigenvalue weighted by molar-refractivity contribution is 5.66. The van der Waals surface area contributed by atoms with Crippen molar-refractivity contribution in [2.45, 2.75) is 46.2 Å². The highest BCUT2D eigenvalue weighted by Gasteiger charge is 2.23. The summed E-state index contributed by atoms with van der Waals surface area (Å²) in [5.74, 6) is 1.40.